The van der Waals surface area contributed by atoms with E-state index in [4.69, 9.17) is 5.73 Å². The highest BCUT2D eigenvalue weighted by Gasteiger charge is 2.23. The average Bonchev–Trinajstić information content (AvgIpc) is 2.29. The first-order valence-electron chi connectivity index (χ1n) is 7.39. The van der Waals surface area contributed by atoms with Crippen molar-refractivity contribution in [3.8, 4) is 0 Å². The van der Waals surface area contributed by atoms with E-state index in [1.807, 2.05) is 13.0 Å². The van der Waals surface area contributed by atoms with Gasteiger partial charge in [-0.25, -0.2) is 4.39 Å². The molecule has 2 rings (SSSR count). The Morgan fingerprint density at radius 3 is 2.68 bits per heavy atom. The molecule has 1 atom stereocenters. The second-order valence-corrected chi connectivity index (χ2v) is 5.76. The summed E-state index contributed by atoms with van der Waals surface area (Å²) in [7, 11) is 0. The molecule has 0 radical (unpaired) electrons. The summed E-state index contributed by atoms with van der Waals surface area (Å²) in [6.07, 6.45) is 4.63. The lowest BCUT2D eigenvalue weighted by Crippen LogP contribution is -2.34. The molecule has 0 spiro atoms. The number of nitrogens with two attached hydrogens (primary N) is 1. The lowest BCUT2D eigenvalue weighted by Gasteiger charge is -2.34. The van der Waals surface area contributed by atoms with Crippen molar-refractivity contribution in [2.24, 2.45) is 11.7 Å². The zero-order valence-corrected chi connectivity index (χ0v) is 12.0. The van der Waals surface area contributed by atoms with E-state index < -0.39 is 0 Å². The molecule has 0 aromatic heterocycles. The van der Waals surface area contributed by atoms with Crippen LogP contribution in [0.15, 0.2) is 18.2 Å². The molecule has 1 aromatic carbocycles. The molecule has 1 aliphatic rings. The summed E-state index contributed by atoms with van der Waals surface area (Å²) in [5.74, 6) is 0.627. The van der Waals surface area contributed by atoms with Gasteiger partial charge in [0, 0.05) is 19.1 Å². The zero-order valence-electron chi connectivity index (χ0n) is 12.0. The Hall–Kier alpha value is -1.09. The summed E-state index contributed by atoms with van der Waals surface area (Å²) in [6.45, 7) is 5.89. The maximum Gasteiger partial charge on any atom is 0.146 e. The molecular weight excluding hydrogens is 239 g/mol. The van der Waals surface area contributed by atoms with E-state index >= 15 is 0 Å². The second-order valence-electron chi connectivity index (χ2n) is 5.76. The Morgan fingerprint density at radius 2 is 2.16 bits per heavy atom. The van der Waals surface area contributed by atoms with Crippen molar-refractivity contribution in [2.75, 3.05) is 18.0 Å². The van der Waals surface area contributed by atoms with Gasteiger partial charge in [0.15, 0.2) is 0 Å². The third-order valence-corrected chi connectivity index (χ3v) is 4.01. The van der Waals surface area contributed by atoms with Crippen LogP contribution in [-0.2, 0) is 6.42 Å². The van der Waals surface area contributed by atoms with Crippen molar-refractivity contribution in [2.45, 2.75) is 45.6 Å². The molecule has 2 nitrogen and oxygen atoms in total. The molecule has 0 heterocycles. The molecule has 0 aliphatic heterocycles. The van der Waals surface area contributed by atoms with Crippen LogP contribution in [0.1, 0.15) is 38.7 Å². The van der Waals surface area contributed by atoms with Gasteiger partial charge in [-0.15, -0.1) is 0 Å². The number of anilines is 1. The van der Waals surface area contributed by atoms with Crippen molar-refractivity contribution >= 4 is 5.69 Å². The zero-order chi connectivity index (χ0) is 13.8. The van der Waals surface area contributed by atoms with Gasteiger partial charge in [-0.05, 0) is 50.7 Å². The highest BCUT2D eigenvalue weighted by Crippen LogP contribution is 2.31. The Morgan fingerprint density at radius 1 is 1.42 bits per heavy atom. The SMILES string of the molecule is CCN(CC1CCC1)c1c(F)cccc1CC(C)N. The summed E-state index contributed by atoms with van der Waals surface area (Å²) in [5.41, 5.74) is 7.69. The molecule has 1 unspecified atom stereocenters. The maximum atomic E-state index is 14.2. The number of halogens is 1. The maximum absolute atomic E-state index is 14.2. The summed E-state index contributed by atoms with van der Waals surface area (Å²) in [5, 5.41) is 0. The first-order valence-corrected chi connectivity index (χ1v) is 7.39. The first-order chi connectivity index (χ1) is 9.11. The lowest BCUT2D eigenvalue weighted by atomic mass is 9.85. The van der Waals surface area contributed by atoms with Crippen molar-refractivity contribution in [1.82, 2.24) is 0 Å². The van der Waals surface area contributed by atoms with Crippen LogP contribution in [0, 0.1) is 11.7 Å². The third kappa shape index (κ3) is 3.47. The number of rotatable bonds is 6. The van der Waals surface area contributed by atoms with E-state index in [2.05, 4.69) is 11.8 Å². The van der Waals surface area contributed by atoms with E-state index in [1.54, 1.807) is 12.1 Å². The van der Waals surface area contributed by atoms with Gasteiger partial charge in [0.1, 0.15) is 5.82 Å². The van der Waals surface area contributed by atoms with Crippen LogP contribution in [0.5, 0.6) is 0 Å². The Kier molecular flexibility index (Phi) is 4.81. The number of hydrogen-bond donors (Lipinski definition) is 1. The van der Waals surface area contributed by atoms with Gasteiger partial charge in [-0.1, -0.05) is 18.6 Å². The highest BCUT2D eigenvalue weighted by atomic mass is 19.1. The van der Waals surface area contributed by atoms with Crippen molar-refractivity contribution in [3.63, 3.8) is 0 Å². The minimum Gasteiger partial charge on any atom is -0.369 e. The van der Waals surface area contributed by atoms with Gasteiger partial charge in [0.25, 0.3) is 0 Å². The smallest absolute Gasteiger partial charge is 0.146 e. The van der Waals surface area contributed by atoms with Gasteiger partial charge in [-0.2, -0.15) is 0 Å². The molecule has 1 aliphatic carbocycles. The van der Waals surface area contributed by atoms with Gasteiger partial charge >= 0.3 is 0 Å². The van der Waals surface area contributed by atoms with Crippen LogP contribution in [0.25, 0.3) is 0 Å². The van der Waals surface area contributed by atoms with Gasteiger partial charge in [0.05, 0.1) is 5.69 Å². The summed E-state index contributed by atoms with van der Waals surface area (Å²) < 4.78 is 14.2. The van der Waals surface area contributed by atoms with E-state index in [0.717, 1.165) is 36.7 Å². The van der Waals surface area contributed by atoms with Crippen LogP contribution >= 0.6 is 0 Å². The monoisotopic (exact) mass is 264 g/mol. The normalized spacial score (nSPS) is 17.1. The van der Waals surface area contributed by atoms with Crippen LogP contribution in [0.3, 0.4) is 0 Å². The highest BCUT2D eigenvalue weighted by molar-refractivity contribution is 5.55. The van der Waals surface area contributed by atoms with Crippen LogP contribution in [0.4, 0.5) is 10.1 Å². The molecule has 0 bridgehead atoms. The summed E-state index contributed by atoms with van der Waals surface area (Å²) in [4.78, 5) is 2.19. The number of hydrogen-bond acceptors (Lipinski definition) is 2. The van der Waals surface area contributed by atoms with Crippen molar-refractivity contribution in [3.05, 3.63) is 29.6 Å². The standard InChI is InChI=1S/C16H25FN2/c1-3-19(11-13-6-4-7-13)16-14(10-12(2)18)8-5-9-15(16)17/h5,8-9,12-13H,3-4,6-7,10-11,18H2,1-2H3. The molecule has 1 aromatic rings. The van der Waals surface area contributed by atoms with Crippen LogP contribution in [-0.4, -0.2) is 19.1 Å². The molecule has 19 heavy (non-hydrogen) atoms. The third-order valence-electron chi connectivity index (χ3n) is 4.01. The van der Waals surface area contributed by atoms with E-state index in [9.17, 15) is 4.39 Å². The van der Waals surface area contributed by atoms with Crippen molar-refractivity contribution < 1.29 is 4.39 Å². The fourth-order valence-electron chi connectivity index (χ4n) is 2.79. The van der Waals surface area contributed by atoms with E-state index in [0.29, 0.717) is 0 Å². The summed E-state index contributed by atoms with van der Waals surface area (Å²) in [6, 6.07) is 5.41. The second kappa shape index (κ2) is 6.38. The predicted octanol–water partition coefficient (Wildman–Crippen LogP) is 3.34. The fraction of sp³-hybridized carbons (Fsp3) is 0.625. The molecule has 0 amide bonds. The Bertz CT molecular complexity index is 413. The quantitative estimate of drug-likeness (QED) is 0.854. The molecule has 1 saturated carbocycles. The van der Waals surface area contributed by atoms with E-state index in [-0.39, 0.29) is 11.9 Å². The average molecular weight is 264 g/mol. The molecule has 3 heteroatoms. The molecule has 1 fully saturated rings. The molecule has 106 valence electrons. The number of benzene rings is 1. The van der Waals surface area contributed by atoms with Gasteiger partial charge in [0.2, 0.25) is 0 Å². The number of nitrogens with zero attached hydrogens (tertiary/aromatic N) is 1. The van der Waals surface area contributed by atoms with Gasteiger partial charge in [-0.3, -0.25) is 0 Å². The number of para-hydroxylation sites is 1. The first kappa shape index (κ1) is 14.3. The largest absolute Gasteiger partial charge is 0.369 e. The minimum atomic E-state index is -0.112. The predicted molar refractivity (Wildman–Crippen MR) is 79.0 cm³/mol. The molecule has 0 saturated heterocycles. The Labute approximate surface area is 115 Å². The lowest BCUT2D eigenvalue weighted by molar-refractivity contribution is 0.317. The van der Waals surface area contributed by atoms with Crippen LogP contribution < -0.4 is 10.6 Å². The topological polar surface area (TPSA) is 29.3 Å². The summed E-state index contributed by atoms with van der Waals surface area (Å²) >= 11 is 0. The fourth-order valence-corrected chi connectivity index (χ4v) is 2.79. The van der Waals surface area contributed by atoms with Gasteiger partial charge < -0.3 is 10.6 Å². The Balaban J connectivity index is 2.23. The van der Waals surface area contributed by atoms with E-state index in [1.165, 1.54) is 19.3 Å². The molecular formula is C16H25FN2. The van der Waals surface area contributed by atoms with Crippen molar-refractivity contribution in [1.29, 1.82) is 0 Å². The minimum absolute atomic E-state index is 0.0583. The molecule has 2 N–H and O–H groups in total. The van der Waals surface area contributed by atoms with Crippen LogP contribution in [0.2, 0.25) is 0 Å².